The van der Waals surface area contributed by atoms with Crippen LogP contribution in [0.25, 0.3) is 0 Å². The van der Waals surface area contributed by atoms with Crippen molar-refractivity contribution in [2.24, 2.45) is 29.4 Å². The molecule has 2 N–H and O–H groups in total. The lowest BCUT2D eigenvalue weighted by Crippen LogP contribution is -2.44. The Labute approximate surface area is 106 Å². The summed E-state index contributed by atoms with van der Waals surface area (Å²) in [6.07, 6.45) is 7.29. The molecule has 4 saturated carbocycles. The van der Waals surface area contributed by atoms with E-state index in [1.54, 1.807) is 0 Å². The van der Waals surface area contributed by atoms with Crippen molar-refractivity contribution in [3.05, 3.63) is 10.6 Å². The van der Waals surface area contributed by atoms with Gasteiger partial charge in [0, 0.05) is 12.5 Å². The summed E-state index contributed by atoms with van der Waals surface area (Å²) in [5, 5.41) is 4.42. The van der Waals surface area contributed by atoms with Crippen LogP contribution in [0.3, 0.4) is 0 Å². The van der Waals surface area contributed by atoms with Crippen molar-refractivity contribution in [1.29, 1.82) is 0 Å². The molecule has 1 aromatic heterocycles. The van der Waals surface area contributed by atoms with Crippen molar-refractivity contribution in [2.45, 2.75) is 44.6 Å². The molecule has 0 aromatic carbocycles. The van der Waals surface area contributed by atoms with Crippen LogP contribution in [-0.2, 0) is 6.54 Å². The fourth-order valence-electron chi connectivity index (χ4n) is 4.98. The zero-order chi connectivity index (χ0) is 11.4. The Morgan fingerprint density at radius 1 is 1.06 bits per heavy atom. The van der Waals surface area contributed by atoms with E-state index in [-0.39, 0.29) is 0 Å². The monoisotopic (exact) mass is 249 g/mol. The minimum Gasteiger partial charge on any atom is -0.326 e. The van der Waals surface area contributed by atoms with Gasteiger partial charge in [-0.05, 0) is 67.3 Å². The van der Waals surface area contributed by atoms with Gasteiger partial charge < -0.3 is 5.73 Å². The number of hydrogen-bond acceptors (Lipinski definition) is 4. The molecule has 0 aliphatic heterocycles. The first kappa shape index (κ1) is 10.4. The molecule has 4 aliphatic rings. The summed E-state index contributed by atoms with van der Waals surface area (Å²) in [5.41, 5.74) is 7.09. The largest absolute Gasteiger partial charge is 0.326 e. The maximum Gasteiger partial charge on any atom is 0.0837 e. The predicted molar refractivity (Wildman–Crippen MR) is 67.6 cm³/mol. The molecule has 4 fully saturated rings. The van der Waals surface area contributed by atoms with Crippen LogP contribution in [0.2, 0.25) is 0 Å². The Hall–Kier alpha value is -0.480. The fraction of sp³-hybridized carbons (Fsp3) is 0.846. The van der Waals surface area contributed by atoms with Crippen molar-refractivity contribution in [1.82, 2.24) is 9.59 Å². The summed E-state index contributed by atoms with van der Waals surface area (Å²) in [7, 11) is 0. The van der Waals surface area contributed by atoms with Gasteiger partial charge in [-0.15, -0.1) is 5.10 Å². The van der Waals surface area contributed by atoms with E-state index in [1.165, 1.54) is 54.2 Å². The smallest absolute Gasteiger partial charge is 0.0837 e. The average molecular weight is 249 g/mol. The molecular weight excluding hydrogens is 230 g/mol. The van der Waals surface area contributed by atoms with E-state index in [9.17, 15) is 0 Å². The van der Waals surface area contributed by atoms with Gasteiger partial charge in [0.05, 0.1) is 10.6 Å². The van der Waals surface area contributed by atoms with Crippen LogP contribution in [0.1, 0.15) is 48.6 Å². The SMILES string of the molecule is NCc1snnc1C1C2CC3CC(C2)CC1C3. The molecule has 17 heavy (non-hydrogen) atoms. The molecule has 0 unspecified atom stereocenters. The van der Waals surface area contributed by atoms with Crippen molar-refractivity contribution in [2.75, 3.05) is 0 Å². The number of rotatable bonds is 2. The lowest BCUT2D eigenvalue weighted by atomic mass is 9.51. The fourth-order valence-corrected chi connectivity index (χ4v) is 5.55. The van der Waals surface area contributed by atoms with E-state index < -0.39 is 0 Å². The van der Waals surface area contributed by atoms with Crippen molar-refractivity contribution >= 4 is 11.5 Å². The number of aromatic nitrogens is 2. The standard InChI is InChI=1S/C13H19N3S/c14-6-11-13(15-16-17-11)12-9-2-7-1-8(4-9)5-10(12)3-7/h7-10,12H,1-6,14H2. The zero-order valence-corrected chi connectivity index (χ0v) is 10.8. The first-order valence-corrected chi connectivity index (χ1v) is 7.63. The Kier molecular flexibility index (Phi) is 2.31. The summed E-state index contributed by atoms with van der Waals surface area (Å²) in [6.45, 7) is 0.621. The highest BCUT2D eigenvalue weighted by atomic mass is 32.1. The average Bonchev–Trinajstić information content (AvgIpc) is 2.75. The minimum atomic E-state index is 0.621. The number of hydrogen-bond donors (Lipinski definition) is 1. The van der Waals surface area contributed by atoms with Gasteiger partial charge in [-0.2, -0.15) is 0 Å². The van der Waals surface area contributed by atoms with Gasteiger partial charge in [0.15, 0.2) is 0 Å². The highest BCUT2D eigenvalue weighted by Gasteiger charge is 2.49. The molecule has 4 aliphatic carbocycles. The maximum absolute atomic E-state index is 5.82. The highest BCUT2D eigenvalue weighted by Crippen LogP contribution is 2.59. The molecule has 0 spiro atoms. The van der Waals surface area contributed by atoms with Gasteiger partial charge in [-0.1, -0.05) is 4.49 Å². The molecule has 4 bridgehead atoms. The maximum atomic E-state index is 5.82. The third-order valence-corrected chi connectivity index (χ3v) is 6.07. The number of nitrogens with zero attached hydrogens (tertiary/aromatic N) is 2. The molecule has 0 saturated heterocycles. The van der Waals surface area contributed by atoms with Crippen LogP contribution in [0.5, 0.6) is 0 Å². The van der Waals surface area contributed by atoms with E-state index in [0.29, 0.717) is 12.5 Å². The van der Waals surface area contributed by atoms with Gasteiger partial charge in [-0.25, -0.2) is 0 Å². The summed E-state index contributed by atoms with van der Waals surface area (Å²) in [5.74, 6) is 4.53. The van der Waals surface area contributed by atoms with Crippen molar-refractivity contribution < 1.29 is 0 Å². The van der Waals surface area contributed by atoms with Crippen molar-refractivity contribution in [3.8, 4) is 0 Å². The topological polar surface area (TPSA) is 51.8 Å². The van der Waals surface area contributed by atoms with Gasteiger partial charge in [0.25, 0.3) is 0 Å². The van der Waals surface area contributed by atoms with Gasteiger partial charge in [0.2, 0.25) is 0 Å². The highest BCUT2D eigenvalue weighted by molar-refractivity contribution is 7.05. The van der Waals surface area contributed by atoms with E-state index in [0.717, 1.165) is 23.7 Å². The summed E-state index contributed by atoms with van der Waals surface area (Å²) >= 11 is 1.51. The molecule has 0 atom stereocenters. The van der Waals surface area contributed by atoms with E-state index in [2.05, 4.69) is 9.59 Å². The lowest BCUT2D eigenvalue weighted by Gasteiger charge is -2.54. The summed E-state index contributed by atoms with van der Waals surface area (Å²) < 4.78 is 4.14. The van der Waals surface area contributed by atoms with Crippen LogP contribution in [0.15, 0.2) is 0 Å². The Morgan fingerprint density at radius 2 is 1.71 bits per heavy atom. The second-order valence-corrected chi connectivity index (χ2v) is 7.08. The molecule has 1 heterocycles. The van der Waals surface area contributed by atoms with Crippen LogP contribution in [0.4, 0.5) is 0 Å². The van der Waals surface area contributed by atoms with Crippen LogP contribution in [-0.4, -0.2) is 9.59 Å². The van der Waals surface area contributed by atoms with E-state index in [4.69, 9.17) is 5.73 Å². The molecular formula is C13H19N3S. The van der Waals surface area contributed by atoms with E-state index in [1.807, 2.05) is 0 Å². The molecule has 3 nitrogen and oxygen atoms in total. The second-order valence-electron chi connectivity index (χ2n) is 6.24. The summed E-state index contributed by atoms with van der Waals surface area (Å²) in [4.78, 5) is 1.24. The zero-order valence-electron chi connectivity index (χ0n) is 10.0. The van der Waals surface area contributed by atoms with Gasteiger partial charge >= 0.3 is 0 Å². The predicted octanol–water partition coefficient (Wildman–Crippen LogP) is 2.54. The normalized spacial score (nSPS) is 43.2. The van der Waals surface area contributed by atoms with Gasteiger partial charge in [-0.3, -0.25) is 0 Å². The third kappa shape index (κ3) is 1.50. The molecule has 92 valence electrons. The number of nitrogens with two attached hydrogens (primary N) is 1. The van der Waals surface area contributed by atoms with Crippen LogP contribution < -0.4 is 5.73 Å². The second kappa shape index (κ2) is 3.75. The lowest BCUT2D eigenvalue weighted by molar-refractivity contribution is -0.00441. The first-order valence-electron chi connectivity index (χ1n) is 6.86. The first-order chi connectivity index (χ1) is 8.35. The molecule has 1 aromatic rings. The minimum absolute atomic E-state index is 0.621. The molecule has 0 amide bonds. The van der Waals surface area contributed by atoms with Crippen molar-refractivity contribution in [3.63, 3.8) is 0 Å². The quantitative estimate of drug-likeness (QED) is 0.876. The van der Waals surface area contributed by atoms with Crippen LogP contribution in [0, 0.1) is 23.7 Å². The Bertz CT molecular complexity index is 400. The molecule has 0 radical (unpaired) electrons. The molecule has 5 rings (SSSR count). The summed E-state index contributed by atoms with van der Waals surface area (Å²) in [6, 6.07) is 0. The Morgan fingerprint density at radius 3 is 2.29 bits per heavy atom. The Balaban J connectivity index is 1.70. The van der Waals surface area contributed by atoms with Gasteiger partial charge in [0.1, 0.15) is 0 Å². The third-order valence-electron chi connectivity index (χ3n) is 5.31. The molecule has 4 heteroatoms. The van der Waals surface area contributed by atoms with E-state index >= 15 is 0 Å². The van der Waals surface area contributed by atoms with Crippen LogP contribution >= 0.6 is 11.5 Å².